The molecule has 5 nitrogen and oxygen atoms in total. The number of rotatable bonds is 3. The van der Waals surface area contributed by atoms with E-state index in [-0.39, 0.29) is 18.2 Å². The van der Waals surface area contributed by atoms with Crippen LogP contribution >= 0.6 is 0 Å². The zero-order valence-corrected chi connectivity index (χ0v) is 12.2. The Morgan fingerprint density at radius 3 is 2.86 bits per heavy atom. The molecule has 0 fully saturated rings. The number of pyridine rings is 1. The average molecular weight is 298 g/mol. The molecule has 1 unspecified atom stereocenters. The highest BCUT2D eigenvalue weighted by molar-refractivity contribution is 5.67. The number of H-pyrrole nitrogens is 1. The lowest BCUT2D eigenvalue weighted by Gasteiger charge is -2.24. The normalized spacial score (nSPS) is 16.6. The second-order valence-corrected chi connectivity index (χ2v) is 5.47. The highest BCUT2D eigenvalue weighted by atomic mass is 16.5. The maximum atomic E-state index is 11.9. The molecule has 0 saturated heterocycles. The van der Waals surface area contributed by atoms with Crippen molar-refractivity contribution < 1.29 is 9.53 Å². The number of aromatic amines is 1. The summed E-state index contributed by atoms with van der Waals surface area (Å²) in [5.41, 5.74) is 2.94. The van der Waals surface area contributed by atoms with E-state index in [1.54, 1.807) is 0 Å². The van der Waals surface area contributed by atoms with Crippen LogP contribution in [0.4, 0.5) is 4.79 Å². The molecule has 0 spiro atoms. The van der Waals surface area contributed by atoms with Crippen molar-refractivity contribution in [2.75, 3.05) is 0 Å². The van der Waals surface area contributed by atoms with E-state index in [1.165, 1.54) is 6.07 Å². The second kappa shape index (κ2) is 6.47. The first-order chi connectivity index (χ1) is 10.7. The molecule has 22 heavy (non-hydrogen) atoms. The summed E-state index contributed by atoms with van der Waals surface area (Å²) in [4.78, 5) is 26.0. The first-order valence-electron chi connectivity index (χ1n) is 7.39. The minimum Gasteiger partial charge on any atom is -0.445 e. The standard InChI is InChI=1S/C17H18N2O3/c20-16-9-6-13-10-14(7-8-15(13)19-16)18-17(21)22-11-12-4-2-1-3-5-12/h1-6,9,14H,7-8,10-11H2,(H,18,21)(H,19,20). The molecule has 1 aromatic carbocycles. The van der Waals surface area contributed by atoms with Crippen molar-refractivity contribution in [3.63, 3.8) is 0 Å². The Bertz CT molecular complexity index is 709. The van der Waals surface area contributed by atoms with Crippen molar-refractivity contribution in [3.05, 3.63) is 69.6 Å². The Balaban J connectivity index is 1.52. The summed E-state index contributed by atoms with van der Waals surface area (Å²) in [7, 11) is 0. The Morgan fingerprint density at radius 1 is 1.23 bits per heavy atom. The molecular weight excluding hydrogens is 280 g/mol. The van der Waals surface area contributed by atoms with Crippen LogP contribution in [-0.4, -0.2) is 17.1 Å². The number of aromatic nitrogens is 1. The fraction of sp³-hybridized carbons (Fsp3) is 0.294. The molecule has 2 aromatic rings. The smallest absolute Gasteiger partial charge is 0.407 e. The number of aryl methyl sites for hydroxylation is 1. The van der Waals surface area contributed by atoms with E-state index in [4.69, 9.17) is 4.74 Å². The molecule has 0 bridgehead atoms. The number of carbonyl (C=O) groups is 1. The lowest BCUT2D eigenvalue weighted by atomic mass is 9.92. The van der Waals surface area contributed by atoms with E-state index >= 15 is 0 Å². The summed E-state index contributed by atoms with van der Waals surface area (Å²) < 4.78 is 5.23. The number of amides is 1. The molecule has 114 valence electrons. The Morgan fingerprint density at radius 2 is 2.05 bits per heavy atom. The van der Waals surface area contributed by atoms with Crippen molar-refractivity contribution in [2.45, 2.75) is 31.9 Å². The fourth-order valence-electron chi connectivity index (χ4n) is 2.70. The van der Waals surface area contributed by atoms with Crippen LogP contribution in [0.3, 0.4) is 0 Å². The van der Waals surface area contributed by atoms with Crippen molar-refractivity contribution in [2.24, 2.45) is 0 Å². The minimum absolute atomic E-state index is 0.0432. The summed E-state index contributed by atoms with van der Waals surface area (Å²) >= 11 is 0. The lowest BCUT2D eigenvalue weighted by molar-refractivity contribution is 0.134. The SMILES string of the molecule is O=C(NC1CCc2[nH]c(=O)ccc2C1)OCc1ccccc1. The Hall–Kier alpha value is -2.56. The summed E-state index contributed by atoms with van der Waals surface area (Å²) in [5, 5.41) is 2.89. The third-order valence-electron chi connectivity index (χ3n) is 3.84. The maximum Gasteiger partial charge on any atom is 0.407 e. The predicted octanol–water partition coefficient (Wildman–Crippen LogP) is 2.16. The van der Waals surface area contributed by atoms with Crippen LogP contribution in [0.1, 0.15) is 23.2 Å². The largest absolute Gasteiger partial charge is 0.445 e. The topological polar surface area (TPSA) is 71.2 Å². The monoisotopic (exact) mass is 298 g/mol. The highest BCUT2D eigenvalue weighted by Gasteiger charge is 2.21. The lowest BCUT2D eigenvalue weighted by Crippen LogP contribution is -2.39. The number of hydrogen-bond acceptors (Lipinski definition) is 3. The van der Waals surface area contributed by atoms with E-state index in [9.17, 15) is 9.59 Å². The number of alkyl carbamates (subject to hydrolysis) is 1. The maximum absolute atomic E-state index is 11.9. The Kier molecular flexibility index (Phi) is 4.23. The number of carbonyl (C=O) groups excluding carboxylic acids is 1. The summed E-state index contributed by atoms with van der Waals surface area (Å²) in [6.07, 6.45) is 1.87. The molecule has 5 heteroatoms. The first-order valence-corrected chi connectivity index (χ1v) is 7.39. The van der Waals surface area contributed by atoms with Crippen molar-refractivity contribution in [3.8, 4) is 0 Å². The first kappa shape index (κ1) is 14.4. The van der Waals surface area contributed by atoms with E-state index in [0.717, 1.165) is 29.7 Å². The van der Waals surface area contributed by atoms with E-state index in [2.05, 4.69) is 10.3 Å². The van der Waals surface area contributed by atoms with Crippen molar-refractivity contribution in [1.29, 1.82) is 0 Å². The predicted molar refractivity (Wildman–Crippen MR) is 82.6 cm³/mol. The molecule has 1 aromatic heterocycles. The van der Waals surface area contributed by atoms with Crippen LogP contribution in [0.15, 0.2) is 47.3 Å². The van der Waals surface area contributed by atoms with Crippen LogP contribution < -0.4 is 10.9 Å². The molecule has 0 aliphatic heterocycles. The second-order valence-electron chi connectivity index (χ2n) is 5.47. The highest BCUT2D eigenvalue weighted by Crippen LogP contribution is 2.18. The summed E-state index contributed by atoms with van der Waals surface area (Å²) in [5.74, 6) is 0. The number of fused-ring (bicyclic) bond motifs is 1. The van der Waals surface area contributed by atoms with Crippen LogP contribution in [0.5, 0.6) is 0 Å². The molecule has 1 heterocycles. The van der Waals surface area contributed by atoms with Gasteiger partial charge in [0.2, 0.25) is 5.56 Å². The molecular formula is C17H18N2O3. The molecule has 2 N–H and O–H groups in total. The third kappa shape index (κ3) is 3.55. The van der Waals surface area contributed by atoms with Gasteiger partial charge in [0.1, 0.15) is 6.61 Å². The zero-order valence-electron chi connectivity index (χ0n) is 12.2. The molecule has 1 aliphatic rings. The third-order valence-corrected chi connectivity index (χ3v) is 3.84. The van der Waals surface area contributed by atoms with Gasteiger partial charge >= 0.3 is 6.09 Å². The minimum atomic E-state index is -0.401. The van der Waals surface area contributed by atoms with Gasteiger partial charge in [0, 0.05) is 17.8 Å². The van der Waals surface area contributed by atoms with Gasteiger partial charge in [0.15, 0.2) is 0 Å². The van der Waals surface area contributed by atoms with Gasteiger partial charge in [-0.15, -0.1) is 0 Å². The van der Waals surface area contributed by atoms with Gasteiger partial charge in [-0.3, -0.25) is 4.79 Å². The molecule has 1 aliphatic carbocycles. The number of benzene rings is 1. The average Bonchev–Trinajstić information content (AvgIpc) is 2.54. The fourth-order valence-corrected chi connectivity index (χ4v) is 2.70. The van der Waals surface area contributed by atoms with Crippen molar-refractivity contribution in [1.82, 2.24) is 10.3 Å². The van der Waals surface area contributed by atoms with Crippen LogP contribution in [-0.2, 0) is 24.2 Å². The van der Waals surface area contributed by atoms with Gasteiger partial charge in [-0.2, -0.15) is 0 Å². The van der Waals surface area contributed by atoms with Gasteiger partial charge in [0.05, 0.1) is 0 Å². The van der Waals surface area contributed by atoms with Gasteiger partial charge in [-0.1, -0.05) is 36.4 Å². The quantitative estimate of drug-likeness (QED) is 0.912. The zero-order chi connectivity index (χ0) is 15.4. The van der Waals surface area contributed by atoms with Gasteiger partial charge in [-0.25, -0.2) is 4.79 Å². The van der Waals surface area contributed by atoms with E-state index in [1.807, 2.05) is 36.4 Å². The van der Waals surface area contributed by atoms with E-state index < -0.39 is 6.09 Å². The van der Waals surface area contributed by atoms with Gasteiger partial charge < -0.3 is 15.0 Å². The summed E-state index contributed by atoms with van der Waals surface area (Å²) in [6, 6.07) is 13.0. The van der Waals surface area contributed by atoms with Gasteiger partial charge in [0.25, 0.3) is 0 Å². The number of ether oxygens (including phenoxy) is 1. The van der Waals surface area contributed by atoms with Gasteiger partial charge in [-0.05, 0) is 30.4 Å². The van der Waals surface area contributed by atoms with Crippen LogP contribution in [0.25, 0.3) is 0 Å². The molecule has 1 atom stereocenters. The molecule has 1 amide bonds. The molecule has 0 radical (unpaired) electrons. The molecule has 3 rings (SSSR count). The van der Waals surface area contributed by atoms with E-state index in [0.29, 0.717) is 6.42 Å². The number of hydrogen-bond donors (Lipinski definition) is 2. The van der Waals surface area contributed by atoms with Crippen molar-refractivity contribution >= 4 is 6.09 Å². The number of nitrogens with one attached hydrogen (secondary N) is 2. The summed E-state index contributed by atoms with van der Waals surface area (Å²) in [6.45, 7) is 0.267. The molecule has 0 saturated carbocycles. The Labute approximate surface area is 128 Å². The van der Waals surface area contributed by atoms with Crippen LogP contribution in [0.2, 0.25) is 0 Å². The van der Waals surface area contributed by atoms with Crippen LogP contribution in [0, 0.1) is 0 Å².